The van der Waals surface area contributed by atoms with Crippen molar-refractivity contribution in [3.8, 4) is 0 Å². The van der Waals surface area contributed by atoms with Crippen molar-refractivity contribution in [2.24, 2.45) is 11.8 Å². The number of hydrogen-bond donors (Lipinski definition) is 0. The van der Waals surface area contributed by atoms with Gasteiger partial charge in [0.2, 0.25) is 0 Å². The lowest BCUT2D eigenvalue weighted by Gasteiger charge is -2.14. The van der Waals surface area contributed by atoms with Crippen molar-refractivity contribution < 1.29 is 14.3 Å². The van der Waals surface area contributed by atoms with Crippen molar-refractivity contribution >= 4 is 11.8 Å². The molecule has 0 saturated heterocycles. The third kappa shape index (κ3) is 3.61. The lowest BCUT2D eigenvalue weighted by Crippen LogP contribution is -2.15. The second-order valence-corrected chi connectivity index (χ2v) is 6.19. The zero-order chi connectivity index (χ0) is 14.7. The van der Waals surface area contributed by atoms with Crippen LogP contribution in [-0.4, -0.2) is 17.9 Å². The van der Waals surface area contributed by atoms with Crippen LogP contribution in [0.4, 0.5) is 0 Å². The summed E-state index contributed by atoms with van der Waals surface area (Å²) in [6.45, 7) is 5.10. The molecule has 0 aromatic heterocycles. The van der Waals surface area contributed by atoms with Crippen LogP contribution in [0.2, 0.25) is 0 Å². The number of carbonyl (C=O) groups excluding carboxylic acids is 2. The van der Waals surface area contributed by atoms with E-state index in [0.717, 1.165) is 18.4 Å². The predicted molar refractivity (Wildman–Crippen MR) is 77.1 cm³/mol. The summed E-state index contributed by atoms with van der Waals surface area (Å²) in [6, 6.07) is 0. The monoisotopic (exact) mass is 276 g/mol. The molecule has 0 bridgehead atoms. The van der Waals surface area contributed by atoms with Crippen LogP contribution < -0.4 is 0 Å². The summed E-state index contributed by atoms with van der Waals surface area (Å²) in [5, 5.41) is 0. The molecule has 2 saturated carbocycles. The summed E-state index contributed by atoms with van der Waals surface area (Å²) in [5.74, 6) is 1.18. The van der Waals surface area contributed by atoms with E-state index in [1.54, 1.807) is 6.92 Å². The molecule has 0 N–H and O–H groups in total. The normalized spacial score (nSPS) is 27.9. The summed E-state index contributed by atoms with van der Waals surface area (Å²) in [5.41, 5.74) is 5.73. The van der Waals surface area contributed by atoms with E-state index in [9.17, 15) is 9.59 Å². The molecule has 0 spiro atoms. The van der Waals surface area contributed by atoms with Gasteiger partial charge in [0.1, 0.15) is 11.9 Å². The van der Waals surface area contributed by atoms with Gasteiger partial charge in [0.25, 0.3) is 0 Å². The molecule has 0 aromatic rings. The zero-order valence-corrected chi connectivity index (χ0v) is 12.7. The highest BCUT2D eigenvalue weighted by Gasteiger charge is 2.43. The molecule has 2 aliphatic carbocycles. The van der Waals surface area contributed by atoms with Crippen molar-refractivity contribution in [3.63, 3.8) is 0 Å². The number of carbonyl (C=O) groups is 2. The Labute approximate surface area is 121 Å². The highest BCUT2D eigenvalue weighted by Crippen LogP contribution is 2.48. The smallest absolute Gasteiger partial charge is 0.303 e. The number of fused-ring (bicyclic) bond motifs is 1. The van der Waals surface area contributed by atoms with Gasteiger partial charge in [-0.15, -0.1) is 5.73 Å². The molecule has 0 amide bonds. The number of rotatable bonds is 4. The average Bonchev–Trinajstić information content (AvgIpc) is 2.90. The average molecular weight is 276 g/mol. The van der Waals surface area contributed by atoms with Crippen LogP contribution in [-0.2, 0) is 14.3 Å². The van der Waals surface area contributed by atoms with E-state index in [0.29, 0.717) is 18.3 Å². The minimum atomic E-state index is -0.212. The Morgan fingerprint density at radius 2 is 1.95 bits per heavy atom. The molecule has 0 radical (unpaired) electrons. The van der Waals surface area contributed by atoms with Crippen molar-refractivity contribution in [3.05, 3.63) is 16.9 Å². The van der Waals surface area contributed by atoms with Crippen LogP contribution in [0.1, 0.15) is 59.3 Å². The lowest BCUT2D eigenvalue weighted by atomic mass is 9.96. The van der Waals surface area contributed by atoms with Crippen LogP contribution in [0.15, 0.2) is 16.9 Å². The molecular weight excluding hydrogens is 252 g/mol. The van der Waals surface area contributed by atoms with Crippen molar-refractivity contribution in [1.82, 2.24) is 0 Å². The SMILES string of the molecule is CC(=O)CCC(C)=C=C1[C@@H](OC(C)=O)C[C@@H]2CCC[C@H]12. The van der Waals surface area contributed by atoms with E-state index in [2.05, 4.69) is 5.73 Å². The minimum absolute atomic E-state index is 0.0879. The van der Waals surface area contributed by atoms with E-state index < -0.39 is 0 Å². The van der Waals surface area contributed by atoms with Crippen LogP contribution in [0.5, 0.6) is 0 Å². The van der Waals surface area contributed by atoms with Gasteiger partial charge in [-0.05, 0) is 56.9 Å². The largest absolute Gasteiger partial charge is 0.457 e. The maximum atomic E-state index is 11.3. The second-order valence-electron chi connectivity index (χ2n) is 6.19. The van der Waals surface area contributed by atoms with Gasteiger partial charge in [-0.2, -0.15) is 0 Å². The first-order valence-corrected chi connectivity index (χ1v) is 7.60. The highest BCUT2D eigenvalue weighted by atomic mass is 16.5. The van der Waals surface area contributed by atoms with E-state index in [-0.39, 0.29) is 17.9 Å². The summed E-state index contributed by atoms with van der Waals surface area (Å²) in [7, 11) is 0. The molecule has 0 unspecified atom stereocenters. The standard InChI is InChI=1S/C17H24O3/c1-11(7-8-12(2)18)9-16-15-6-4-5-14(15)10-17(16)20-13(3)19/h14-15,17H,4-8,10H2,1-3H3/t9?,14-,15-,17-/m0/s1. The first-order valence-electron chi connectivity index (χ1n) is 7.60. The minimum Gasteiger partial charge on any atom is -0.457 e. The molecule has 110 valence electrons. The molecular formula is C17H24O3. The Morgan fingerprint density at radius 1 is 1.20 bits per heavy atom. The molecule has 2 fully saturated rings. The maximum Gasteiger partial charge on any atom is 0.303 e. The Hall–Kier alpha value is -1.34. The topological polar surface area (TPSA) is 43.4 Å². The van der Waals surface area contributed by atoms with Crippen LogP contribution in [0, 0.1) is 11.8 Å². The summed E-state index contributed by atoms with van der Waals surface area (Å²) >= 11 is 0. The lowest BCUT2D eigenvalue weighted by molar-refractivity contribution is -0.144. The number of Topliss-reactive ketones (excluding diaryl/α,β-unsaturated/α-hetero) is 1. The number of esters is 1. The quantitative estimate of drug-likeness (QED) is 0.582. The molecule has 2 aliphatic rings. The number of ether oxygens (including phenoxy) is 1. The maximum absolute atomic E-state index is 11.3. The van der Waals surface area contributed by atoms with Crippen molar-refractivity contribution in [1.29, 1.82) is 0 Å². The zero-order valence-electron chi connectivity index (χ0n) is 12.7. The fraction of sp³-hybridized carbons (Fsp3) is 0.706. The molecule has 20 heavy (non-hydrogen) atoms. The van der Waals surface area contributed by atoms with Gasteiger partial charge in [-0.1, -0.05) is 6.42 Å². The second kappa shape index (κ2) is 6.41. The van der Waals surface area contributed by atoms with Crippen LogP contribution in [0.3, 0.4) is 0 Å². The Balaban J connectivity index is 2.20. The summed E-state index contributed by atoms with van der Waals surface area (Å²) in [4.78, 5) is 22.3. The summed E-state index contributed by atoms with van der Waals surface area (Å²) in [6.07, 6.45) is 5.87. The Kier molecular flexibility index (Phi) is 4.82. The van der Waals surface area contributed by atoms with Gasteiger partial charge in [-0.25, -0.2) is 0 Å². The van der Waals surface area contributed by atoms with Gasteiger partial charge in [0.15, 0.2) is 0 Å². The molecule has 0 heterocycles. The molecule has 2 rings (SSSR count). The van der Waals surface area contributed by atoms with E-state index in [4.69, 9.17) is 4.74 Å². The molecule has 0 aliphatic heterocycles. The summed E-state index contributed by atoms with van der Waals surface area (Å²) < 4.78 is 5.47. The van der Waals surface area contributed by atoms with Gasteiger partial charge in [0, 0.05) is 18.9 Å². The van der Waals surface area contributed by atoms with E-state index in [1.807, 2.05) is 6.92 Å². The molecule has 0 aromatic carbocycles. The number of hydrogen-bond acceptors (Lipinski definition) is 3. The van der Waals surface area contributed by atoms with E-state index >= 15 is 0 Å². The Morgan fingerprint density at radius 3 is 2.60 bits per heavy atom. The van der Waals surface area contributed by atoms with Gasteiger partial charge >= 0.3 is 5.97 Å². The van der Waals surface area contributed by atoms with Gasteiger partial charge in [0.05, 0.1) is 0 Å². The highest BCUT2D eigenvalue weighted by molar-refractivity contribution is 5.75. The van der Waals surface area contributed by atoms with E-state index in [1.165, 1.54) is 31.8 Å². The van der Waals surface area contributed by atoms with Crippen molar-refractivity contribution in [2.75, 3.05) is 0 Å². The first kappa shape index (κ1) is 15.1. The Bertz CT molecular complexity index is 469. The third-order valence-electron chi connectivity index (χ3n) is 4.44. The molecule has 3 heteroatoms. The van der Waals surface area contributed by atoms with Gasteiger partial charge < -0.3 is 9.53 Å². The van der Waals surface area contributed by atoms with Gasteiger partial charge in [-0.3, -0.25) is 4.79 Å². The first-order chi connectivity index (χ1) is 9.47. The van der Waals surface area contributed by atoms with Crippen LogP contribution in [0.25, 0.3) is 0 Å². The van der Waals surface area contributed by atoms with Crippen LogP contribution >= 0.6 is 0 Å². The molecule has 3 atom stereocenters. The third-order valence-corrected chi connectivity index (χ3v) is 4.44. The fourth-order valence-electron chi connectivity index (χ4n) is 3.53. The van der Waals surface area contributed by atoms with Crippen molar-refractivity contribution in [2.45, 2.75) is 65.4 Å². The predicted octanol–water partition coefficient (Wildman–Crippen LogP) is 3.58. The molecule has 3 nitrogen and oxygen atoms in total. The number of ketones is 1. The fourth-order valence-corrected chi connectivity index (χ4v) is 3.53.